The molecule has 0 amide bonds. The number of allylic oxidation sites excluding steroid dienone is 6. The van der Waals surface area contributed by atoms with Crippen LogP contribution in [0.5, 0.6) is 0 Å². The molecule has 2 nitrogen and oxygen atoms in total. The van der Waals surface area contributed by atoms with Crippen molar-refractivity contribution in [2.45, 2.75) is 39.5 Å². The predicted molar refractivity (Wildman–Crippen MR) is 58.3 cm³/mol. The molecule has 0 saturated heterocycles. The average molecular weight is 194 g/mol. The summed E-state index contributed by atoms with van der Waals surface area (Å²) in [5.41, 5.74) is 2.31. The second-order valence-electron chi connectivity index (χ2n) is 3.83. The number of hydrogen-bond acceptors (Lipinski definition) is 2. The summed E-state index contributed by atoms with van der Waals surface area (Å²) < 4.78 is 0. The fraction of sp³-hybridized carbons (Fsp3) is 0.500. The summed E-state index contributed by atoms with van der Waals surface area (Å²) in [6.45, 7) is 3.35. The Labute approximate surface area is 85.3 Å². The molecule has 14 heavy (non-hydrogen) atoms. The lowest BCUT2D eigenvalue weighted by Crippen LogP contribution is -1.97. The summed E-state index contributed by atoms with van der Waals surface area (Å²) in [6.07, 6.45) is 7.93. The third-order valence-electron chi connectivity index (χ3n) is 2.32. The summed E-state index contributed by atoms with van der Waals surface area (Å²) in [7, 11) is 0. The third-order valence-corrected chi connectivity index (χ3v) is 2.32. The summed E-state index contributed by atoms with van der Waals surface area (Å²) >= 11 is 0. The predicted octanol–water partition coefficient (Wildman–Crippen LogP) is 3.78. The van der Waals surface area contributed by atoms with E-state index in [0.29, 0.717) is 11.5 Å². The Hall–Kier alpha value is -1.18. The third kappa shape index (κ3) is 3.29. The maximum absolute atomic E-state index is 9.20. The molecule has 0 aromatic carbocycles. The molecule has 0 bridgehead atoms. The van der Waals surface area contributed by atoms with E-state index in [9.17, 15) is 10.2 Å². The van der Waals surface area contributed by atoms with Crippen LogP contribution in [0.4, 0.5) is 0 Å². The topological polar surface area (TPSA) is 40.5 Å². The van der Waals surface area contributed by atoms with E-state index in [1.807, 2.05) is 0 Å². The molecule has 0 aromatic rings. The van der Waals surface area contributed by atoms with E-state index in [4.69, 9.17) is 0 Å². The Kier molecular flexibility index (Phi) is 3.81. The molecule has 1 aliphatic carbocycles. The molecule has 0 aromatic heterocycles. The van der Waals surface area contributed by atoms with Crippen molar-refractivity contribution in [2.75, 3.05) is 0 Å². The molecule has 0 heterocycles. The zero-order valence-electron chi connectivity index (χ0n) is 8.88. The fourth-order valence-corrected chi connectivity index (χ4v) is 1.79. The zero-order valence-corrected chi connectivity index (χ0v) is 8.88. The molecule has 0 atom stereocenters. The maximum atomic E-state index is 9.20. The van der Waals surface area contributed by atoms with Gasteiger partial charge in [-0.3, -0.25) is 0 Å². The van der Waals surface area contributed by atoms with E-state index < -0.39 is 0 Å². The maximum Gasteiger partial charge on any atom is 0.0894 e. The molecule has 1 aliphatic rings. The first kappa shape index (κ1) is 10.9. The van der Waals surface area contributed by atoms with Gasteiger partial charge in [0.05, 0.1) is 11.5 Å². The van der Waals surface area contributed by atoms with Crippen LogP contribution in [0.2, 0.25) is 0 Å². The number of hydrogen-bond donors (Lipinski definition) is 2. The van der Waals surface area contributed by atoms with Gasteiger partial charge in [0.25, 0.3) is 0 Å². The van der Waals surface area contributed by atoms with Gasteiger partial charge in [0.1, 0.15) is 0 Å². The van der Waals surface area contributed by atoms with E-state index in [0.717, 1.165) is 24.0 Å². The van der Waals surface area contributed by atoms with Gasteiger partial charge in [0.15, 0.2) is 0 Å². The van der Waals surface area contributed by atoms with E-state index in [-0.39, 0.29) is 0 Å². The highest BCUT2D eigenvalue weighted by molar-refractivity contribution is 5.35. The first-order valence-corrected chi connectivity index (χ1v) is 5.06. The van der Waals surface area contributed by atoms with E-state index >= 15 is 0 Å². The van der Waals surface area contributed by atoms with Crippen molar-refractivity contribution in [3.8, 4) is 0 Å². The van der Waals surface area contributed by atoms with Gasteiger partial charge in [0.2, 0.25) is 0 Å². The summed E-state index contributed by atoms with van der Waals surface area (Å²) in [4.78, 5) is 0. The molecule has 0 unspecified atom stereocenters. The summed E-state index contributed by atoms with van der Waals surface area (Å²) in [6, 6.07) is 0. The summed E-state index contributed by atoms with van der Waals surface area (Å²) in [5, 5.41) is 18.4. The van der Waals surface area contributed by atoms with Crippen LogP contribution in [-0.4, -0.2) is 10.2 Å². The minimum atomic E-state index is 0.336. The second-order valence-corrected chi connectivity index (χ2v) is 3.83. The van der Waals surface area contributed by atoms with Gasteiger partial charge in [0, 0.05) is 0 Å². The Bertz CT molecular complexity index is 257. The van der Waals surface area contributed by atoms with Crippen molar-refractivity contribution in [1.29, 1.82) is 0 Å². The van der Waals surface area contributed by atoms with Gasteiger partial charge >= 0.3 is 0 Å². The van der Waals surface area contributed by atoms with Crippen LogP contribution in [0.1, 0.15) is 39.5 Å². The van der Waals surface area contributed by atoms with Crippen LogP contribution in [-0.2, 0) is 0 Å². The van der Waals surface area contributed by atoms with Gasteiger partial charge in [-0.15, -0.1) is 0 Å². The Morgan fingerprint density at radius 2 is 1.29 bits per heavy atom. The first-order valence-electron chi connectivity index (χ1n) is 5.06. The standard InChI is InChI=1S/C12H18O2/c1-9(13)7-11-5-3-4-6-12(11)8-10(2)14/h7-8,13-14H,3-6H2,1-2H3/b9-7-,10-8?. The van der Waals surface area contributed by atoms with Crippen molar-refractivity contribution in [3.05, 3.63) is 34.8 Å². The van der Waals surface area contributed by atoms with Crippen molar-refractivity contribution in [2.24, 2.45) is 0 Å². The molecule has 0 radical (unpaired) electrons. The lowest BCUT2D eigenvalue weighted by Gasteiger charge is -2.15. The lowest BCUT2D eigenvalue weighted by atomic mass is 9.91. The minimum absolute atomic E-state index is 0.336. The highest BCUT2D eigenvalue weighted by Crippen LogP contribution is 2.27. The molecule has 0 aliphatic heterocycles. The van der Waals surface area contributed by atoms with Crippen LogP contribution < -0.4 is 0 Å². The fourth-order valence-electron chi connectivity index (χ4n) is 1.79. The van der Waals surface area contributed by atoms with Gasteiger partial charge < -0.3 is 10.2 Å². The zero-order chi connectivity index (χ0) is 10.6. The van der Waals surface area contributed by atoms with Gasteiger partial charge in [-0.25, -0.2) is 0 Å². The molecule has 0 fully saturated rings. The lowest BCUT2D eigenvalue weighted by molar-refractivity contribution is 0.411. The SMILES string of the molecule is CC(O)=CC1=C(/C=C(/C)O)CCCC1. The van der Waals surface area contributed by atoms with Crippen molar-refractivity contribution in [1.82, 2.24) is 0 Å². The molecule has 0 spiro atoms. The van der Waals surface area contributed by atoms with Gasteiger partial charge in [-0.1, -0.05) is 0 Å². The number of rotatable bonds is 2. The minimum Gasteiger partial charge on any atom is -0.513 e. The Balaban J connectivity index is 2.97. The first-order chi connectivity index (χ1) is 6.59. The average Bonchev–Trinajstić information content (AvgIpc) is 2.06. The van der Waals surface area contributed by atoms with Crippen LogP contribution in [0.25, 0.3) is 0 Å². The smallest absolute Gasteiger partial charge is 0.0894 e. The van der Waals surface area contributed by atoms with Crippen LogP contribution in [0, 0.1) is 0 Å². The normalized spacial score (nSPS) is 20.1. The highest BCUT2D eigenvalue weighted by atomic mass is 16.3. The second kappa shape index (κ2) is 4.89. The Morgan fingerprint density at radius 3 is 1.57 bits per heavy atom. The molecular formula is C12H18O2. The van der Waals surface area contributed by atoms with Crippen LogP contribution in [0.15, 0.2) is 34.8 Å². The van der Waals surface area contributed by atoms with Crippen molar-refractivity contribution in [3.63, 3.8) is 0 Å². The van der Waals surface area contributed by atoms with E-state index in [1.165, 1.54) is 12.8 Å². The quantitative estimate of drug-likeness (QED) is 0.657. The molecule has 2 heteroatoms. The Morgan fingerprint density at radius 1 is 0.929 bits per heavy atom. The number of aliphatic hydroxyl groups is 2. The van der Waals surface area contributed by atoms with Gasteiger partial charge in [-0.05, 0) is 62.8 Å². The highest BCUT2D eigenvalue weighted by Gasteiger charge is 2.09. The largest absolute Gasteiger partial charge is 0.513 e. The van der Waals surface area contributed by atoms with E-state index in [2.05, 4.69) is 0 Å². The molecule has 78 valence electrons. The van der Waals surface area contributed by atoms with Gasteiger partial charge in [-0.2, -0.15) is 0 Å². The number of aliphatic hydroxyl groups excluding tert-OH is 2. The molecular weight excluding hydrogens is 176 g/mol. The molecule has 1 rings (SSSR count). The van der Waals surface area contributed by atoms with Crippen LogP contribution >= 0.6 is 0 Å². The van der Waals surface area contributed by atoms with E-state index in [1.54, 1.807) is 26.0 Å². The van der Waals surface area contributed by atoms with Crippen LogP contribution in [0.3, 0.4) is 0 Å². The monoisotopic (exact) mass is 194 g/mol. The van der Waals surface area contributed by atoms with Crippen molar-refractivity contribution < 1.29 is 10.2 Å². The van der Waals surface area contributed by atoms with Crippen molar-refractivity contribution >= 4 is 0 Å². The molecule has 0 saturated carbocycles. The molecule has 2 N–H and O–H groups in total. The summed E-state index contributed by atoms with van der Waals surface area (Å²) in [5.74, 6) is 0.673.